The van der Waals surface area contributed by atoms with Gasteiger partial charge in [0, 0.05) is 15.1 Å². The molecule has 0 unspecified atom stereocenters. The van der Waals surface area contributed by atoms with Crippen molar-refractivity contribution in [3.8, 4) is 0 Å². The van der Waals surface area contributed by atoms with E-state index < -0.39 is 0 Å². The summed E-state index contributed by atoms with van der Waals surface area (Å²) < 4.78 is 5.25. The topological polar surface area (TPSA) is 81.2 Å². The number of ether oxygens (including phenoxy) is 1. The number of carbonyl (C=O) groups is 2. The standard InChI is InChI=1S/C22H25N3O3S3/c1-5-28-22(27)19-18(14-7-6-11(2)8-15(14)31-19)25-16(26)9-29-20-17-12(3)13(4)30-21(17)24-10-23-20/h10-11H,5-9H2,1-4H3,(H,25,26)/t11-/m1/s1. The molecule has 0 radical (unpaired) electrons. The lowest BCUT2D eigenvalue weighted by Gasteiger charge is -2.19. The molecule has 3 heterocycles. The number of nitrogens with zero attached hydrogens (tertiary/aromatic N) is 2. The van der Waals surface area contributed by atoms with Crippen LogP contribution in [-0.2, 0) is 22.4 Å². The average molecular weight is 476 g/mol. The number of thiophene rings is 2. The summed E-state index contributed by atoms with van der Waals surface area (Å²) in [6.07, 6.45) is 4.41. The molecule has 0 fully saturated rings. The van der Waals surface area contributed by atoms with Crippen molar-refractivity contribution in [1.29, 1.82) is 0 Å². The van der Waals surface area contributed by atoms with Gasteiger partial charge in [0.25, 0.3) is 0 Å². The van der Waals surface area contributed by atoms with Crippen LogP contribution in [0.2, 0.25) is 0 Å². The molecule has 1 amide bonds. The lowest BCUT2D eigenvalue weighted by atomic mass is 9.89. The summed E-state index contributed by atoms with van der Waals surface area (Å²) in [6, 6.07) is 0. The minimum absolute atomic E-state index is 0.147. The third kappa shape index (κ3) is 4.49. The summed E-state index contributed by atoms with van der Waals surface area (Å²) in [5.74, 6) is 0.285. The molecular formula is C22H25N3O3S3. The molecule has 31 heavy (non-hydrogen) atoms. The minimum Gasteiger partial charge on any atom is -0.462 e. The van der Waals surface area contributed by atoms with Gasteiger partial charge in [0.2, 0.25) is 5.91 Å². The highest BCUT2D eigenvalue weighted by molar-refractivity contribution is 8.00. The normalized spacial score (nSPS) is 15.7. The van der Waals surface area contributed by atoms with Gasteiger partial charge in [-0.25, -0.2) is 14.8 Å². The Hall–Kier alpha value is -1.97. The summed E-state index contributed by atoms with van der Waals surface area (Å²) in [7, 11) is 0. The Labute approximate surface area is 193 Å². The van der Waals surface area contributed by atoms with Crippen molar-refractivity contribution < 1.29 is 14.3 Å². The highest BCUT2D eigenvalue weighted by atomic mass is 32.2. The monoisotopic (exact) mass is 475 g/mol. The number of hydrogen-bond donors (Lipinski definition) is 1. The van der Waals surface area contributed by atoms with E-state index in [1.165, 1.54) is 32.9 Å². The second kappa shape index (κ2) is 9.26. The molecule has 1 atom stereocenters. The maximum absolute atomic E-state index is 12.9. The van der Waals surface area contributed by atoms with Crippen LogP contribution in [-0.4, -0.2) is 34.2 Å². The van der Waals surface area contributed by atoms with Crippen molar-refractivity contribution in [2.75, 3.05) is 17.7 Å². The molecule has 164 valence electrons. The Morgan fingerprint density at radius 2 is 2.10 bits per heavy atom. The highest BCUT2D eigenvalue weighted by Crippen LogP contribution is 2.40. The molecule has 9 heteroatoms. The Morgan fingerprint density at radius 1 is 1.29 bits per heavy atom. The summed E-state index contributed by atoms with van der Waals surface area (Å²) in [6.45, 7) is 8.45. The van der Waals surface area contributed by atoms with Crippen molar-refractivity contribution in [3.63, 3.8) is 0 Å². The Morgan fingerprint density at radius 3 is 2.87 bits per heavy atom. The van der Waals surface area contributed by atoms with Crippen LogP contribution < -0.4 is 5.32 Å². The van der Waals surface area contributed by atoms with Gasteiger partial charge in [-0.05, 0) is 57.1 Å². The van der Waals surface area contributed by atoms with Crippen molar-refractivity contribution in [2.24, 2.45) is 5.92 Å². The predicted molar refractivity (Wildman–Crippen MR) is 128 cm³/mol. The summed E-state index contributed by atoms with van der Waals surface area (Å²) in [5, 5.41) is 4.86. The zero-order valence-corrected chi connectivity index (χ0v) is 20.5. The second-order valence-corrected chi connectivity index (χ2v) is 11.0. The second-order valence-electron chi connectivity index (χ2n) is 7.76. The first-order valence-corrected chi connectivity index (χ1v) is 13.0. The maximum atomic E-state index is 12.9. The number of esters is 1. The fourth-order valence-electron chi connectivity index (χ4n) is 3.79. The Balaban J connectivity index is 1.54. The number of carbonyl (C=O) groups excluding carboxylic acids is 2. The van der Waals surface area contributed by atoms with Gasteiger partial charge in [-0.1, -0.05) is 18.7 Å². The SMILES string of the molecule is CCOC(=O)c1sc2c(c1NC(=O)CSc1ncnc3sc(C)c(C)c13)CC[C@@H](C)C2. The number of amides is 1. The van der Waals surface area contributed by atoms with Crippen LogP contribution >= 0.6 is 34.4 Å². The van der Waals surface area contributed by atoms with Crippen molar-refractivity contribution in [1.82, 2.24) is 9.97 Å². The summed E-state index contributed by atoms with van der Waals surface area (Å²) in [4.78, 5) is 38.0. The van der Waals surface area contributed by atoms with Crippen LogP contribution in [0.25, 0.3) is 10.2 Å². The van der Waals surface area contributed by atoms with Gasteiger partial charge >= 0.3 is 5.97 Å². The first kappa shape index (κ1) is 22.2. The van der Waals surface area contributed by atoms with E-state index in [0.717, 1.165) is 45.6 Å². The fraction of sp³-hybridized carbons (Fsp3) is 0.455. The third-order valence-electron chi connectivity index (χ3n) is 5.51. The number of fused-ring (bicyclic) bond motifs is 2. The molecule has 6 nitrogen and oxygen atoms in total. The number of aromatic nitrogens is 2. The van der Waals surface area contributed by atoms with Gasteiger partial charge in [-0.15, -0.1) is 22.7 Å². The molecule has 0 bridgehead atoms. The number of aryl methyl sites for hydroxylation is 2. The van der Waals surface area contributed by atoms with E-state index in [1.807, 2.05) is 0 Å². The van der Waals surface area contributed by atoms with Gasteiger partial charge in [0.05, 0.1) is 18.0 Å². The number of nitrogens with one attached hydrogen (secondary N) is 1. The van der Waals surface area contributed by atoms with Crippen LogP contribution in [0.3, 0.4) is 0 Å². The molecule has 4 rings (SSSR count). The quantitative estimate of drug-likeness (QED) is 0.292. The number of thioether (sulfide) groups is 1. The van der Waals surface area contributed by atoms with Crippen LogP contribution in [0, 0.1) is 19.8 Å². The van der Waals surface area contributed by atoms with Gasteiger partial charge in [-0.2, -0.15) is 0 Å². The fourth-order valence-corrected chi connectivity index (χ4v) is 7.07. The van der Waals surface area contributed by atoms with Crippen LogP contribution in [0.15, 0.2) is 11.4 Å². The predicted octanol–water partition coefficient (Wildman–Crippen LogP) is 5.40. The van der Waals surface area contributed by atoms with E-state index in [2.05, 4.69) is 36.1 Å². The molecule has 1 N–H and O–H groups in total. The smallest absolute Gasteiger partial charge is 0.350 e. The molecule has 3 aromatic rings. The van der Waals surface area contributed by atoms with Gasteiger partial charge in [0.1, 0.15) is 21.1 Å². The first-order chi connectivity index (χ1) is 14.9. The Bertz CT molecular complexity index is 1150. The van der Waals surface area contributed by atoms with Crippen LogP contribution in [0.5, 0.6) is 0 Å². The van der Waals surface area contributed by atoms with Crippen molar-refractivity contribution in [2.45, 2.75) is 52.0 Å². The minimum atomic E-state index is -0.362. The number of rotatable bonds is 6. The first-order valence-electron chi connectivity index (χ1n) is 10.3. The largest absolute Gasteiger partial charge is 0.462 e. The molecule has 0 saturated carbocycles. The van der Waals surface area contributed by atoms with Crippen molar-refractivity contribution >= 4 is 62.2 Å². The molecule has 0 spiro atoms. The molecule has 0 aliphatic heterocycles. The van der Waals surface area contributed by atoms with E-state index in [9.17, 15) is 9.59 Å². The highest BCUT2D eigenvalue weighted by Gasteiger charge is 2.28. The van der Waals surface area contributed by atoms with E-state index in [1.54, 1.807) is 24.6 Å². The van der Waals surface area contributed by atoms with E-state index in [0.29, 0.717) is 23.1 Å². The molecule has 3 aromatic heterocycles. The van der Waals surface area contributed by atoms with E-state index in [-0.39, 0.29) is 17.6 Å². The number of anilines is 1. The number of hydrogen-bond acceptors (Lipinski definition) is 8. The van der Waals surface area contributed by atoms with Gasteiger partial charge < -0.3 is 10.1 Å². The molecular weight excluding hydrogens is 450 g/mol. The van der Waals surface area contributed by atoms with Crippen molar-refractivity contribution in [3.05, 3.63) is 32.1 Å². The third-order valence-corrected chi connectivity index (χ3v) is 8.85. The zero-order chi connectivity index (χ0) is 22.1. The van der Waals surface area contributed by atoms with E-state index in [4.69, 9.17) is 4.74 Å². The average Bonchev–Trinajstić information content (AvgIpc) is 3.23. The molecule has 1 aliphatic carbocycles. The molecule has 1 aliphatic rings. The summed E-state index contributed by atoms with van der Waals surface area (Å²) >= 11 is 4.50. The Kier molecular flexibility index (Phi) is 6.64. The van der Waals surface area contributed by atoms with Gasteiger partial charge in [-0.3, -0.25) is 4.79 Å². The van der Waals surface area contributed by atoms with Crippen LogP contribution in [0.4, 0.5) is 5.69 Å². The molecule has 0 saturated heterocycles. The zero-order valence-electron chi connectivity index (χ0n) is 18.0. The maximum Gasteiger partial charge on any atom is 0.350 e. The van der Waals surface area contributed by atoms with Gasteiger partial charge in [0.15, 0.2) is 0 Å². The summed E-state index contributed by atoms with van der Waals surface area (Å²) in [5.41, 5.74) is 2.90. The van der Waals surface area contributed by atoms with E-state index >= 15 is 0 Å². The lowest BCUT2D eigenvalue weighted by molar-refractivity contribution is -0.113. The molecule has 0 aromatic carbocycles. The lowest BCUT2D eigenvalue weighted by Crippen LogP contribution is -2.18. The van der Waals surface area contributed by atoms with Crippen LogP contribution in [0.1, 0.15) is 50.8 Å².